The van der Waals surface area contributed by atoms with Crippen LogP contribution in [0.5, 0.6) is 0 Å². The Morgan fingerprint density at radius 3 is 1.72 bits per heavy atom. The molecule has 236 valence electrons. The molecule has 0 aromatic heterocycles. The Morgan fingerprint density at radius 1 is 0.380 bits per heavy atom. The van der Waals surface area contributed by atoms with Gasteiger partial charge in [0.15, 0.2) is 0 Å². The highest BCUT2D eigenvalue weighted by Gasteiger charge is 2.39. The second kappa shape index (κ2) is 10.9. The van der Waals surface area contributed by atoms with Crippen molar-refractivity contribution in [3.63, 3.8) is 0 Å². The molecule has 0 aliphatic heterocycles. The van der Waals surface area contributed by atoms with E-state index in [4.69, 9.17) is 0 Å². The lowest BCUT2D eigenvalue weighted by atomic mass is 9.80. The Morgan fingerprint density at radius 2 is 0.940 bits per heavy atom. The van der Waals surface area contributed by atoms with Gasteiger partial charge in [-0.2, -0.15) is 0 Å². The van der Waals surface area contributed by atoms with Crippen LogP contribution < -0.4 is 4.90 Å². The van der Waals surface area contributed by atoms with Crippen LogP contribution in [0.15, 0.2) is 176 Å². The van der Waals surface area contributed by atoms with Gasteiger partial charge in [0.2, 0.25) is 0 Å². The number of hydrogen-bond acceptors (Lipinski definition) is 1. The molecular weight excluding hydrogens is 603 g/mol. The summed E-state index contributed by atoms with van der Waals surface area (Å²) in [5.74, 6) is 0. The van der Waals surface area contributed by atoms with E-state index in [1.165, 1.54) is 93.5 Å². The van der Waals surface area contributed by atoms with Crippen molar-refractivity contribution < 1.29 is 0 Å². The first-order valence-corrected chi connectivity index (χ1v) is 17.5. The fraction of sp³-hybridized carbons (Fsp3) is 0.0612. The number of nitrogens with zero attached hydrogens (tertiary/aromatic N) is 1. The van der Waals surface area contributed by atoms with Crippen molar-refractivity contribution >= 4 is 60.2 Å². The minimum absolute atomic E-state index is 0.228. The van der Waals surface area contributed by atoms with Crippen molar-refractivity contribution in [2.75, 3.05) is 4.90 Å². The van der Waals surface area contributed by atoms with Crippen LogP contribution in [0.2, 0.25) is 0 Å². The summed E-state index contributed by atoms with van der Waals surface area (Å²) in [6.07, 6.45) is 0. The van der Waals surface area contributed by atoms with Crippen LogP contribution in [0.1, 0.15) is 25.0 Å². The lowest BCUT2D eigenvalue weighted by Crippen LogP contribution is -2.21. The van der Waals surface area contributed by atoms with Gasteiger partial charge in [0.25, 0.3) is 0 Å². The monoisotopic (exact) mass is 637 g/mol. The van der Waals surface area contributed by atoms with Crippen molar-refractivity contribution in [3.05, 3.63) is 187 Å². The van der Waals surface area contributed by atoms with Crippen molar-refractivity contribution in [2.45, 2.75) is 19.3 Å². The molecule has 0 spiro atoms. The molecule has 0 atom stereocenters. The van der Waals surface area contributed by atoms with Gasteiger partial charge in [0, 0.05) is 16.4 Å². The molecule has 0 saturated heterocycles. The molecule has 0 bridgehead atoms. The molecule has 0 amide bonds. The molecule has 1 heteroatoms. The van der Waals surface area contributed by atoms with E-state index >= 15 is 0 Å². The number of hydrogen-bond donors (Lipinski definition) is 0. The summed E-state index contributed by atoms with van der Waals surface area (Å²) in [6, 6.07) is 65.1. The van der Waals surface area contributed by atoms with E-state index in [0.717, 1.165) is 0 Å². The molecule has 1 aliphatic rings. The number of benzene rings is 9. The number of anilines is 3. The number of rotatable bonds is 4. The zero-order valence-electron chi connectivity index (χ0n) is 28.2. The smallest absolute Gasteiger partial charge is 0.0546 e. The highest BCUT2D eigenvalue weighted by Crippen LogP contribution is 2.56. The Labute approximate surface area is 292 Å². The minimum atomic E-state index is -0.228. The molecule has 0 radical (unpaired) electrons. The zero-order valence-corrected chi connectivity index (χ0v) is 28.2. The lowest BCUT2D eigenvalue weighted by Gasteiger charge is -2.34. The van der Waals surface area contributed by atoms with Gasteiger partial charge < -0.3 is 4.90 Å². The summed E-state index contributed by atoms with van der Waals surface area (Å²) < 4.78 is 0. The maximum absolute atomic E-state index is 2.56. The van der Waals surface area contributed by atoms with Crippen LogP contribution in [-0.4, -0.2) is 0 Å². The Balaban J connectivity index is 1.32. The van der Waals surface area contributed by atoms with Crippen LogP contribution in [0.3, 0.4) is 0 Å². The lowest BCUT2D eigenvalue weighted by molar-refractivity contribution is 0.661. The van der Waals surface area contributed by atoms with E-state index < -0.39 is 0 Å². The molecule has 0 N–H and O–H groups in total. The summed E-state index contributed by atoms with van der Waals surface area (Å²) in [7, 11) is 0. The van der Waals surface area contributed by atoms with Crippen molar-refractivity contribution in [2.24, 2.45) is 0 Å². The van der Waals surface area contributed by atoms with E-state index in [1.54, 1.807) is 0 Å². The zero-order chi connectivity index (χ0) is 33.4. The highest BCUT2D eigenvalue weighted by molar-refractivity contribution is 6.10. The largest absolute Gasteiger partial charge is 0.309 e. The van der Waals surface area contributed by atoms with Gasteiger partial charge in [0.1, 0.15) is 0 Å². The summed E-state index contributed by atoms with van der Waals surface area (Å²) in [5, 5.41) is 9.98. The predicted octanol–water partition coefficient (Wildman–Crippen LogP) is 13.7. The van der Waals surface area contributed by atoms with Gasteiger partial charge in [0.05, 0.1) is 17.1 Å². The molecule has 9 aromatic carbocycles. The molecule has 10 rings (SSSR count). The topological polar surface area (TPSA) is 3.24 Å². The SMILES string of the molecule is CC1(C)c2cc3ccccc3cc2-c2cccc(N(c3ccc4ccccc4c3-c3ccc4ccccc4c3)c3cccc4ccccc34)c21. The van der Waals surface area contributed by atoms with Gasteiger partial charge in [-0.25, -0.2) is 0 Å². The fourth-order valence-corrected chi connectivity index (χ4v) is 8.61. The minimum Gasteiger partial charge on any atom is -0.309 e. The van der Waals surface area contributed by atoms with E-state index in [0.29, 0.717) is 0 Å². The predicted molar refractivity (Wildman–Crippen MR) is 214 cm³/mol. The van der Waals surface area contributed by atoms with Gasteiger partial charge in [-0.3, -0.25) is 0 Å². The highest BCUT2D eigenvalue weighted by atomic mass is 15.2. The third-order valence-corrected chi connectivity index (χ3v) is 11.0. The Kier molecular flexibility index (Phi) is 6.29. The van der Waals surface area contributed by atoms with Crippen molar-refractivity contribution in [1.82, 2.24) is 0 Å². The maximum atomic E-state index is 2.56. The first kappa shape index (κ1) is 28.8. The van der Waals surface area contributed by atoms with Crippen LogP contribution >= 0.6 is 0 Å². The molecular formula is C49H35N. The van der Waals surface area contributed by atoms with E-state index in [-0.39, 0.29) is 5.41 Å². The first-order valence-electron chi connectivity index (χ1n) is 17.5. The fourth-order valence-electron chi connectivity index (χ4n) is 8.61. The molecule has 0 saturated carbocycles. The average molecular weight is 638 g/mol. The van der Waals surface area contributed by atoms with Gasteiger partial charge in [-0.15, -0.1) is 0 Å². The van der Waals surface area contributed by atoms with Gasteiger partial charge in [-0.1, -0.05) is 153 Å². The quantitative estimate of drug-likeness (QED) is 0.186. The second-order valence-electron chi connectivity index (χ2n) is 14.1. The second-order valence-corrected chi connectivity index (χ2v) is 14.1. The average Bonchev–Trinajstić information content (AvgIpc) is 3.39. The normalized spacial score (nSPS) is 13.2. The molecule has 9 aromatic rings. The summed E-state index contributed by atoms with van der Waals surface area (Å²) >= 11 is 0. The first-order chi connectivity index (χ1) is 24.6. The maximum Gasteiger partial charge on any atom is 0.0546 e. The molecule has 1 aliphatic carbocycles. The van der Waals surface area contributed by atoms with Crippen LogP contribution in [0.4, 0.5) is 17.1 Å². The van der Waals surface area contributed by atoms with Gasteiger partial charge in [-0.05, 0) is 102 Å². The molecule has 1 nitrogen and oxygen atoms in total. The third kappa shape index (κ3) is 4.27. The molecule has 50 heavy (non-hydrogen) atoms. The van der Waals surface area contributed by atoms with E-state index in [9.17, 15) is 0 Å². The summed E-state index contributed by atoms with van der Waals surface area (Å²) in [5.41, 5.74) is 11.1. The number of fused-ring (bicyclic) bond motifs is 7. The van der Waals surface area contributed by atoms with Crippen LogP contribution in [0.25, 0.3) is 65.3 Å². The molecule has 0 heterocycles. The van der Waals surface area contributed by atoms with Crippen LogP contribution in [0, 0.1) is 0 Å². The Hall–Kier alpha value is -6.18. The summed E-state index contributed by atoms with van der Waals surface area (Å²) in [6.45, 7) is 4.81. The van der Waals surface area contributed by atoms with Crippen LogP contribution in [-0.2, 0) is 5.41 Å². The van der Waals surface area contributed by atoms with Gasteiger partial charge >= 0.3 is 0 Å². The van der Waals surface area contributed by atoms with E-state index in [1.807, 2.05) is 0 Å². The molecule has 0 fully saturated rings. The standard InChI is InChI=1S/C49H35N/c1-49(2)43-31-37-18-6-5-17-36(37)30-42(43)41-22-12-24-46(48(41)49)50(44-23-11-19-33-14-7-9-20-39(33)44)45-28-27-34-15-8-10-21-40(34)47(45)38-26-25-32-13-3-4-16-35(32)29-38/h3-31H,1-2H3. The van der Waals surface area contributed by atoms with Crippen molar-refractivity contribution in [1.29, 1.82) is 0 Å². The molecule has 0 unspecified atom stereocenters. The summed E-state index contributed by atoms with van der Waals surface area (Å²) in [4.78, 5) is 2.56. The van der Waals surface area contributed by atoms with Crippen molar-refractivity contribution in [3.8, 4) is 22.3 Å². The van der Waals surface area contributed by atoms with E-state index in [2.05, 4.69) is 195 Å². The third-order valence-electron chi connectivity index (χ3n) is 11.0. The Bertz CT molecular complexity index is 2800.